The van der Waals surface area contributed by atoms with E-state index in [9.17, 15) is 19.5 Å². The maximum absolute atomic E-state index is 15.8. The van der Waals surface area contributed by atoms with Crippen molar-refractivity contribution in [1.29, 1.82) is 0 Å². The number of nitrogens with one attached hydrogen (secondary N) is 2. The summed E-state index contributed by atoms with van der Waals surface area (Å²) in [5.41, 5.74) is -1.01. The van der Waals surface area contributed by atoms with Crippen LogP contribution in [0, 0.1) is 12.7 Å². The number of rotatable bonds is 6. The Balaban J connectivity index is 1.72. The average Bonchev–Trinajstić information content (AvgIpc) is 2.90. The molecule has 0 radical (unpaired) electrons. The van der Waals surface area contributed by atoms with Crippen molar-refractivity contribution in [3.05, 3.63) is 53.5 Å². The number of aromatic nitrogens is 2. The molecule has 44 heavy (non-hydrogen) atoms. The highest BCUT2D eigenvalue weighted by molar-refractivity contribution is 5.96. The summed E-state index contributed by atoms with van der Waals surface area (Å²) in [6, 6.07) is 7.84. The summed E-state index contributed by atoms with van der Waals surface area (Å²) in [5.74, 6) is -2.50. The second-order valence-electron chi connectivity index (χ2n) is 12.9. The zero-order valence-corrected chi connectivity index (χ0v) is 26.2. The third kappa shape index (κ3) is 7.72. The number of nitrogens with zero attached hydrogens (tertiary/aromatic N) is 3. The van der Waals surface area contributed by atoms with Gasteiger partial charge in [0.15, 0.2) is 11.6 Å². The molecule has 0 saturated heterocycles. The fraction of sp³-hybridized carbons (Fsp3) is 0.469. The zero-order chi connectivity index (χ0) is 32.4. The van der Waals surface area contributed by atoms with E-state index in [-0.39, 0.29) is 22.8 Å². The SMILES string of the molecule is Cc1c(F)c(N[C@@H]2CCCC[C@@H]2N(C(=O)OC(C)(C)C)C(=O)OC(C)(C)C)nc(Nc2cnc3ccccc3c2)c1C(=O)O. The number of amides is 2. The normalized spacial score (nSPS) is 17.1. The van der Waals surface area contributed by atoms with Gasteiger partial charge in [-0.05, 0) is 73.4 Å². The van der Waals surface area contributed by atoms with E-state index in [2.05, 4.69) is 20.6 Å². The van der Waals surface area contributed by atoms with Crippen LogP contribution in [-0.2, 0) is 9.47 Å². The summed E-state index contributed by atoms with van der Waals surface area (Å²) in [5, 5.41) is 16.9. The minimum Gasteiger partial charge on any atom is -0.478 e. The monoisotopic (exact) mass is 609 g/mol. The third-order valence-corrected chi connectivity index (χ3v) is 7.00. The molecule has 2 amide bonds. The van der Waals surface area contributed by atoms with Gasteiger partial charge in [0.05, 0.1) is 23.4 Å². The van der Waals surface area contributed by atoms with Crippen molar-refractivity contribution in [2.75, 3.05) is 10.6 Å². The first kappa shape index (κ1) is 32.4. The first-order chi connectivity index (χ1) is 20.5. The summed E-state index contributed by atoms with van der Waals surface area (Å²) in [7, 11) is 0. The van der Waals surface area contributed by atoms with Gasteiger partial charge in [-0.1, -0.05) is 31.0 Å². The second-order valence-corrected chi connectivity index (χ2v) is 12.9. The minimum absolute atomic E-state index is 0.0838. The van der Waals surface area contributed by atoms with Crippen LogP contribution in [0.3, 0.4) is 0 Å². The first-order valence-electron chi connectivity index (χ1n) is 14.6. The maximum atomic E-state index is 15.8. The molecule has 0 spiro atoms. The standard InChI is InChI=1S/C32H40FN5O6/c1-18-24(28(39)40)26(35-20-16-19-12-8-9-13-21(19)34-17-20)37-27(25(18)33)36-22-14-10-11-15-23(22)38(29(41)43-31(2,3)4)30(42)44-32(5,6)7/h8-9,12-13,16-17,22-23H,10-11,14-15H2,1-7H3,(H,39,40)(H2,35,36,37)/t22-,23+/m1/s1. The molecule has 1 aromatic carbocycles. The van der Waals surface area contributed by atoms with E-state index in [4.69, 9.17) is 9.47 Å². The largest absolute Gasteiger partial charge is 0.478 e. The molecule has 1 saturated carbocycles. The summed E-state index contributed by atoms with van der Waals surface area (Å²) >= 11 is 0. The number of carboxylic acid groups (broad SMARTS) is 1. The molecule has 11 nitrogen and oxygen atoms in total. The van der Waals surface area contributed by atoms with Crippen molar-refractivity contribution in [2.45, 2.75) is 97.4 Å². The number of imide groups is 1. The fourth-order valence-electron chi connectivity index (χ4n) is 5.14. The Kier molecular flexibility index (Phi) is 9.31. The highest BCUT2D eigenvalue weighted by Crippen LogP contribution is 2.33. The number of para-hydroxylation sites is 1. The Morgan fingerprint density at radius 3 is 2.20 bits per heavy atom. The number of carbonyl (C=O) groups excluding carboxylic acids is 2. The lowest BCUT2D eigenvalue weighted by Crippen LogP contribution is -2.56. The molecule has 1 aliphatic carbocycles. The third-order valence-electron chi connectivity index (χ3n) is 7.00. The number of benzene rings is 1. The molecular formula is C32H40FN5O6. The quantitative estimate of drug-likeness (QED) is 0.258. The van der Waals surface area contributed by atoms with Gasteiger partial charge in [0.2, 0.25) is 0 Å². The van der Waals surface area contributed by atoms with Gasteiger partial charge in [-0.25, -0.2) is 28.7 Å². The molecule has 4 rings (SSSR count). The van der Waals surface area contributed by atoms with Gasteiger partial charge in [0.1, 0.15) is 22.6 Å². The number of hydrogen-bond acceptors (Lipinski definition) is 9. The van der Waals surface area contributed by atoms with E-state index < -0.39 is 47.3 Å². The van der Waals surface area contributed by atoms with Crippen molar-refractivity contribution in [1.82, 2.24) is 14.9 Å². The Hall–Kier alpha value is -4.48. The zero-order valence-electron chi connectivity index (χ0n) is 26.2. The van der Waals surface area contributed by atoms with Crippen LogP contribution in [0.4, 0.5) is 31.3 Å². The Bertz CT molecular complexity index is 1540. The fourth-order valence-corrected chi connectivity index (χ4v) is 5.14. The van der Waals surface area contributed by atoms with E-state index >= 15 is 4.39 Å². The molecule has 0 aliphatic heterocycles. The number of halogens is 1. The molecule has 0 bridgehead atoms. The van der Waals surface area contributed by atoms with E-state index in [0.717, 1.165) is 22.2 Å². The molecule has 0 unspecified atom stereocenters. The summed E-state index contributed by atoms with van der Waals surface area (Å²) in [4.78, 5) is 48.7. The van der Waals surface area contributed by atoms with Crippen LogP contribution in [0.1, 0.15) is 83.1 Å². The van der Waals surface area contributed by atoms with Crippen molar-refractivity contribution in [2.24, 2.45) is 0 Å². The van der Waals surface area contributed by atoms with E-state index in [0.29, 0.717) is 24.9 Å². The summed E-state index contributed by atoms with van der Waals surface area (Å²) in [6.45, 7) is 11.5. The summed E-state index contributed by atoms with van der Waals surface area (Å²) in [6.07, 6.45) is 2.14. The molecule has 3 aromatic rings. The van der Waals surface area contributed by atoms with Gasteiger partial charge in [-0.15, -0.1) is 0 Å². The van der Waals surface area contributed by atoms with Gasteiger partial charge in [-0.2, -0.15) is 0 Å². The maximum Gasteiger partial charge on any atom is 0.420 e. The number of carboxylic acids is 1. The molecule has 2 heterocycles. The molecule has 3 N–H and O–H groups in total. The van der Waals surface area contributed by atoms with E-state index in [1.54, 1.807) is 47.6 Å². The van der Waals surface area contributed by atoms with Crippen LogP contribution in [0.15, 0.2) is 36.5 Å². The number of anilines is 3. The second kappa shape index (κ2) is 12.6. The van der Waals surface area contributed by atoms with E-state index in [1.165, 1.54) is 13.1 Å². The average molecular weight is 610 g/mol. The van der Waals surface area contributed by atoms with Crippen LogP contribution >= 0.6 is 0 Å². The van der Waals surface area contributed by atoms with Crippen molar-refractivity contribution in [3.8, 4) is 0 Å². The number of ether oxygens (including phenoxy) is 2. The first-order valence-corrected chi connectivity index (χ1v) is 14.6. The van der Waals surface area contributed by atoms with Crippen molar-refractivity contribution in [3.63, 3.8) is 0 Å². The number of aromatic carboxylic acids is 1. The highest BCUT2D eigenvalue weighted by atomic mass is 19.1. The number of carbonyl (C=O) groups is 3. The van der Waals surface area contributed by atoms with Gasteiger partial charge in [0.25, 0.3) is 0 Å². The smallest absolute Gasteiger partial charge is 0.420 e. The Morgan fingerprint density at radius 2 is 1.59 bits per heavy atom. The predicted molar refractivity (Wildman–Crippen MR) is 165 cm³/mol. The van der Waals surface area contributed by atoms with Crippen molar-refractivity contribution >= 4 is 46.4 Å². The van der Waals surface area contributed by atoms with Gasteiger partial charge in [-0.3, -0.25) is 4.98 Å². The Labute approximate surface area is 256 Å². The molecular weight excluding hydrogens is 569 g/mol. The van der Waals surface area contributed by atoms with Crippen LogP contribution in [0.2, 0.25) is 0 Å². The number of hydrogen-bond donors (Lipinski definition) is 3. The highest BCUT2D eigenvalue weighted by Gasteiger charge is 2.42. The molecule has 2 atom stereocenters. The lowest BCUT2D eigenvalue weighted by atomic mass is 9.89. The van der Waals surface area contributed by atoms with Crippen LogP contribution in [0.25, 0.3) is 10.9 Å². The van der Waals surface area contributed by atoms with Crippen molar-refractivity contribution < 1.29 is 33.4 Å². The van der Waals surface area contributed by atoms with Gasteiger partial charge in [0, 0.05) is 17.0 Å². The predicted octanol–water partition coefficient (Wildman–Crippen LogP) is 7.41. The van der Waals surface area contributed by atoms with Crippen LogP contribution in [0.5, 0.6) is 0 Å². The number of fused-ring (bicyclic) bond motifs is 1. The molecule has 12 heteroatoms. The number of pyridine rings is 2. The van der Waals surface area contributed by atoms with E-state index in [1.807, 2.05) is 24.3 Å². The molecule has 236 valence electrons. The lowest BCUT2D eigenvalue weighted by Gasteiger charge is -2.40. The minimum atomic E-state index is -1.35. The van der Waals surface area contributed by atoms with Crippen LogP contribution in [-0.4, -0.2) is 61.4 Å². The molecule has 1 fully saturated rings. The molecule has 2 aromatic heterocycles. The summed E-state index contributed by atoms with van der Waals surface area (Å²) < 4.78 is 26.9. The lowest BCUT2D eigenvalue weighted by molar-refractivity contribution is -0.0119. The van der Waals surface area contributed by atoms with Gasteiger partial charge < -0.3 is 25.2 Å². The topological polar surface area (TPSA) is 143 Å². The van der Waals surface area contributed by atoms with Crippen LogP contribution < -0.4 is 10.6 Å². The van der Waals surface area contributed by atoms with Gasteiger partial charge >= 0.3 is 18.2 Å². The molecule has 1 aliphatic rings. The Morgan fingerprint density at radius 1 is 0.977 bits per heavy atom.